The van der Waals surface area contributed by atoms with E-state index >= 15 is 0 Å². The Bertz CT molecular complexity index is 2550. The van der Waals surface area contributed by atoms with Gasteiger partial charge in [-0.25, -0.2) is 15.0 Å². The van der Waals surface area contributed by atoms with E-state index in [1.54, 1.807) is 0 Å². The van der Waals surface area contributed by atoms with Crippen LogP contribution in [0.5, 0.6) is 0 Å². The van der Waals surface area contributed by atoms with Gasteiger partial charge in [-0.1, -0.05) is 115 Å². The molecule has 0 spiro atoms. The first kappa shape index (κ1) is 25.4. The van der Waals surface area contributed by atoms with Crippen molar-refractivity contribution >= 4 is 43.5 Å². The molecule has 2 heterocycles. The van der Waals surface area contributed by atoms with Crippen LogP contribution in [0.1, 0.15) is 0 Å². The number of hydrogen-bond acceptors (Lipinski definition) is 4. The molecule has 0 saturated carbocycles. The Morgan fingerprint density at radius 2 is 0.844 bits per heavy atom. The second-order valence-corrected chi connectivity index (χ2v) is 11.3. The van der Waals surface area contributed by atoms with Gasteiger partial charge in [0.1, 0.15) is 11.2 Å². The average molecular weight is 576 g/mol. The minimum atomic E-state index is 0.630. The summed E-state index contributed by atoms with van der Waals surface area (Å²) in [4.78, 5) is 14.9. The van der Waals surface area contributed by atoms with Crippen molar-refractivity contribution in [1.82, 2.24) is 15.0 Å². The van der Waals surface area contributed by atoms with E-state index in [0.29, 0.717) is 17.5 Å². The molecule has 0 bridgehead atoms. The zero-order valence-corrected chi connectivity index (χ0v) is 24.2. The third-order valence-electron chi connectivity index (χ3n) is 8.47. The molecule has 0 unspecified atom stereocenters. The molecule has 45 heavy (non-hydrogen) atoms. The lowest BCUT2D eigenvalue weighted by Crippen LogP contribution is -2.00. The van der Waals surface area contributed by atoms with Gasteiger partial charge in [0, 0.05) is 27.5 Å². The van der Waals surface area contributed by atoms with E-state index < -0.39 is 0 Å². The van der Waals surface area contributed by atoms with Crippen LogP contribution in [0.4, 0.5) is 0 Å². The number of fused-ring (bicyclic) bond motifs is 5. The fourth-order valence-corrected chi connectivity index (χ4v) is 6.16. The van der Waals surface area contributed by atoms with E-state index in [1.165, 1.54) is 16.2 Å². The number of hydrogen-bond donors (Lipinski definition) is 0. The fraction of sp³-hybridized carbons (Fsp3) is 0. The normalized spacial score (nSPS) is 11.6. The molecule has 9 aromatic rings. The molecule has 0 amide bonds. The molecule has 0 N–H and O–H groups in total. The molecular weight excluding hydrogens is 550 g/mol. The molecular formula is C41H25N3O. The van der Waals surface area contributed by atoms with Crippen molar-refractivity contribution in [3.05, 3.63) is 152 Å². The summed E-state index contributed by atoms with van der Waals surface area (Å²) < 4.78 is 6.36. The minimum absolute atomic E-state index is 0.630. The molecule has 0 fully saturated rings. The third kappa shape index (κ3) is 4.52. The van der Waals surface area contributed by atoms with Crippen LogP contribution in [0.3, 0.4) is 0 Å². The van der Waals surface area contributed by atoms with Gasteiger partial charge in [-0.2, -0.15) is 0 Å². The van der Waals surface area contributed by atoms with Crippen molar-refractivity contribution in [2.24, 2.45) is 0 Å². The Morgan fingerprint density at radius 3 is 1.62 bits per heavy atom. The highest BCUT2D eigenvalue weighted by Crippen LogP contribution is 2.35. The summed E-state index contributed by atoms with van der Waals surface area (Å²) in [7, 11) is 0. The molecule has 0 saturated heterocycles. The van der Waals surface area contributed by atoms with Gasteiger partial charge in [0.05, 0.1) is 0 Å². The summed E-state index contributed by atoms with van der Waals surface area (Å²) in [5.41, 5.74) is 6.72. The number of aromatic nitrogens is 3. The molecule has 210 valence electrons. The van der Waals surface area contributed by atoms with E-state index in [4.69, 9.17) is 19.4 Å². The molecule has 0 atom stereocenters. The minimum Gasteiger partial charge on any atom is -0.456 e. The Kier molecular flexibility index (Phi) is 5.78. The second kappa shape index (κ2) is 10.2. The van der Waals surface area contributed by atoms with Crippen LogP contribution in [0.15, 0.2) is 156 Å². The number of furan rings is 1. The lowest BCUT2D eigenvalue weighted by molar-refractivity contribution is 0.669. The van der Waals surface area contributed by atoms with Crippen molar-refractivity contribution in [3.8, 4) is 45.3 Å². The lowest BCUT2D eigenvalue weighted by atomic mass is 10.0. The van der Waals surface area contributed by atoms with Gasteiger partial charge < -0.3 is 4.42 Å². The lowest BCUT2D eigenvalue weighted by Gasteiger charge is -2.10. The van der Waals surface area contributed by atoms with Crippen molar-refractivity contribution in [2.45, 2.75) is 0 Å². The van der Waals surface area contributed by atoms with Gasteiger partial charge in [-0.15, -0.1) is 0 Å². The SMILES string of the molecule is c1ccc(-c2nc(-c3cccc(-c4ccc5c(c4)oc4cc6ccccc6cc45)c3)nc(-c3ccc4ccccc4c3)n2)cc1. The van der Waals surface area contributed by atoms with E-state index in [2.05, 4.69) is 121 Å². The topological polar surface area (TPSA) is 51.8 Å². The van der Waals surface area contributed by atoms with Crippen LogP contribution in [0.2, 0.25) is 0 Å². The zero-order valence-electron chi connectivity index (χ0n) is 24.2. The Morgan fingerprint density at radius 1 is 0.311 bits per heavy atom. The summed E-state index contributed by atoms with van der Waals surface area (Å²) in [6.07, 6.45) is 0. The van der Waals surface area contributed by atoms with Crippen LogP contribution in [0, 0.1) is 0 Å². The van der Waals surface area contributed by atoms with Gasteiger partial charge in [-0.3, -0.25) is 0 Å². The first-order valence-corrected chi connectivity index (χ1v) is 15.0. The molecule has 4 heteroatoms. The van der Waals surface area contributed by atoms with Crippen LogP contribution in [-0.4, -0.2) is 15.0 Å². The van der Waals surface area contributed by atoms with E-state index in [9.17, 15) is 0 Å². The predicted molar refractivity (Wildman–Crippen MR) is 184 cm³/mol. The molecule has 0 radical (unpaired) electrons. The summed E-state index contributed by atoms with van der Waals surface area (Å²) in [6.45, 7) is 0. The first-order chi connectivity index (χ1) is 22.2. The van der Waals surface area contributed by atoms with Gasteiger partial charge in [0.25, 0.3) is 0 Å². The molecule has 0 aliphatic rings. The molecule has 9 rings (SSSR count). The molecule has 4 nitrogen and oxygen atoms in total. The van der Waals surface area contributed by atoms with Gasteiger partial charge >= 0.3 is 0 Å². The molecule has 7 aromatic carbocycles. The van der Waals surface area contributed by atoms with Crippen LogP contribution < -0.4 is 0 Å². The highest BCUT2D eigenvalue weighted by molar-refractivity contribution is 6.10. The standard InChI is InChI=1S/C41H25N3O/c1-2-10-27(11-3-1)39-42-40(44-41(43-39)34-18-17-26-9-4-5-12-28(26)21-34)33-16-8-15-29(22-33)32-19-20-35-36-23-30-13-6-7-14-31(30)24-38(36)45-37(35)25-32/h1-25H. The summed E-state index contributed by atoms with van der Waals surface area (Å²) in [5, 5.41) is 6.95. The van der Waals surface area contributed by atoms with Crippen LogP contribution >= 0.6 is 0 Å². The van der Waals surface area contributed by atoms with E-state index in [0.717, 1.165) is 55.1 Å². The monoisotopic (exact) mass is 575 g/mol. The first-order valence-electron chi connectivity index (χ1n) is 15.0. The van der Waals surface area contributed by atoms with Gasteiger partial charge in [-0.05, 0) is 69.1 Å². The Balaban J connectivity index is 1.16. The second-order valence-electron chi connectivity index (χ2n) is 11.3. The van der Waals surface area contributed by atoms with Crippen LogP contribution in [0.25, 0.3) is 88.8 Å². The number of nitrogens with zero attached hydrogens (tertiary/aromatic N) is 3. The molecule has 0 aliphatic heterocycles. The van der Waals surface area contributed by atoms with Crippen molar-refractivity contribution in [3.63, 3.8) is 0 Å². The summed E-state index contributed by atoms with van der Waals surface area (Å²) in [6, 6.07) is 52.3. The fourth-order valence-electron chi connectivity index (χ4n) is 6.16. The Hall–Kier alpha value is -6.13. The quantitative estimate of drug-likeness (QED) is 0.209. The van der Waals surface area contributed by atoms with Crippen molar-refractivity contribution in [2.75, 3.05) is 0 Å². The van der Waals surface area contributed by atoms with Crippen LogP contribution in [-0.2, 0) is 0 Å². The smallest absolute Gasteiger partial charge is 0.164 e. The van der Waals surface area contributed by atoms with E-state index in [1.807, 2.05) is 30.3 Å². The maximum atomic E-state index is 6.36. The van der Waals surface area contributed by atoms with Gasteiger partial charge in [0.15, 0.2) is 17.5 Å². The van der Waals surface area contributed by atoms with Gasteiger partial charge in [0.2, 0.25) is 0 Å². The average Bonchev–Trinajstić information content (AvgIpc) is 3.47. The van der Waals surface area contributed by atoms with Crippen molar-refractivity contribution < 1.29 is 4.42 Å². The largest absolute Gasteiger partial charge is 0.456 e. The highest BCUT2D eigenvalue weighted by atomic mass is 16.3. The Labute approximate surface area is 259 Å². The van der Waals surface area contributed by atoms with Crippen molar-refractivity contribution in [1.29, 1.82) is 0 Å². The predicted octanol–water partition coefficient (Wildman–Crippen LogP) is 10.7. The molecule has 2 aromatic heterocycles. The highest BCUT2D eigenvalue weighted by Gasteiger charge is 2.14. The third-order valence-corrected chi connectivity index (χ3v) is 8.47. The maximum absolute atomic E-state index is 6.36. The summed E-state index contributed by atoms with van der Waals surface area (Å²) in [5.74, 6) is 1.92. The molecule has 0 aliphatic carbocycles. The maximum Gasteiger partial charge on any atom is 0.164 e. The summed E-state index contributed by atoms with van der Waals surface area (Å²) >= 11 is 0. The number of benzene rings is 7. The van der Waals surface area contributed by atoms with E-state index in [-0.39, 0.29) is 0 Å². The zero-order chi connectivity index (χ0) is 29.7. The number of rotatable bonds is 4.